The third-order valence-corrected chi connectivity index (χ3v) is 7.98. The van der Waals surface area contributed by atoms with Gasteiger partial charge in [0.1, 0.15) is 0 Å². The molecule has 2 aromatic heterocycles. The number of carbonyl (C=O) groups excluding carboxylic acids is 1. The Kier molecular flexibility index (Phi) is 7.64. The molecule has 8 nitrogen and oxygen atoms in total. The molecule has 2 atom stereocenters. The molecule has 1 aliphatic rings. The topological polar surface area (TPSA) is 99.5 Å². The fourth-order valence-corrected chi connectivity index (χ4v) is 5.91. The van der Waals surface area contributed by atoms with Gasteiger partial charge in [0.15, 0.2) is 5.11 Å². The number of nitrogens with zero attached hydrogens (tertiary/aromatic N) is 3. The summed E-state index contributed by atoms with van der Waals surface area (Å²) < 4.78 is 2.11. The van der Waals surface area contributed by atoms with Crippen molar-refractivity contribution in [2.45, 2.75) is 53.1 Å². The number of anilines is 2. The van der Waals surface area contributed by atoms with Gasteiger partial charge in [-0.05, 0) is 105 Å². The molecule has 1 saturated heterocycles. The first-order valence-corrected chi connectivity index (χ1v) is 14.0. The summed E-state index contributed by atoms with van der Waals surface area (Å²) in [5.74, 6) is -1.00. The molecule has 1 aliphatic heterocycles. The number of thiocarbonyl (C=S) groups is 1. The van der Waals surface area contributed by atoms with Crippen molar-refractivity contribution in [3.8, 4) is 5.69 Å². The fourth-order valence-electron chi connectivity index (χ4n) is 5.57. The number of aromatic nitrogens is 2. The predicted molar refractivity (Wildman–Crippen MR) is 165 cm³/mol. The average Bonchev–Trinajstić information content (AvgIpc) is 3.45. The normalized spacial score (nSPS) is 16.5. The van der Waals surface area contributed by atoms with Crippen molar-refractivity contribution in [2.24, 2.45) is 0 Å². The second-order valence-electron chi connectivity index (χ2n) is 10.4. The van der Waals surface area contributed by atoms with Crippen LogP contribution in [-0.2, 0) is 4.79 Å². The molecular formula is C32H33N5O3S. The van der Waals surface area contributed by atoms with Crippen LogP contribution in [0.1, 0.15) is 69.6 Å². The van der Waals surface area contributed by atoms with Crippen molar-refractivity contribution in [3.05, 3.63) is 106 Å². The number of hydrogen-bond acceptors (Lipinski definition) is 4. The van der Waals surface area contributed by atoms with Gasteiger partial charge in [0.2, 0.25) is 5.91 Å². The van der Waals surface area contributed by atoms with Crippen LogP contribution in [0, 0.1) is 27.7 Å². The van der Waals surface area contributed by atoms with Gasteiger partial charge in [0.05, 0.1) is 23.3 Å². The Hall–Kier alpha value is -4.50. The van der Waals surface area contributed by atoms with Gasteiger partial charge in [-0.1, -0.05) is 19.1 Å². The number of aromatic carboxylic acids is 1. The number of carbonyl (C=O) groups is 2. The summed E-state index contributed by atoms with van der Waals surface area (Å²) in [6.45, 7) is 9.86. The predicted octanol–water partition coefficient (Wildman–Crippen LogP) is 6.33. The minimum atomic E-state index is -0.963. The molecule has 5 rings (SSSR count). The second kappa shape index (κ2) is 11.2. The van der Waals surface area contributed by atoms with Gasteiger partial charge in [-0.15, -0.1) is 0 Å². The molecule has 41 heavy (non-hydrogen) atoms. The summed E-state index contributed by atoms with van der Waals surface area (Å²) in [4.78, 5) is 30.6. The number of carboxylic acid groups (broad SMARTS) is 1. The molecular weight excluding hydrogens is 534 g/mol. The molecule has 1 fully saturated rings. The van der Waals surface area contributed by atoms with Gasteiger partial charge in [0, 0.05) is 41.1 Å². The lowest BCUT2D eigenvalue weighted by Gasteiger charge is -2.29. The molecule has 4 aromatic rings. The molecule has 3 N–H and O–H groups in total. The third-order valence-electron chi connectivity index (χ3n) is 7.67. The van der Waals surface area contributed by atoms with Crippen LogP contribution in [0.4, 0.5) is 11.4 Å². The highest BCUT2D eigenvalue weighted by Gasteiger charge is 2.42. The van der Waals surface area contributed by atoms with E-state index in [-0.39, 0.29) is 23.6 Å². The maximum atomic E-state index is 12.0. The van der Waals surface area contributed by atoms with Crippen LogP contribution >= 0.6 is 12.2 Å². The van der Waals surface area contributed by atoms with E-state index in [2.05, 4.69) is 38.1 Å². The van der Waals surface area contributed by atoms with Crippen LogP contribution < -0.4 is 15.5 Å². The Morgan fingerprint density at radius 3 is 2.46 bits per heavy atom. The largest absolute Gasteiger partial charge is 0.478 e. The van der Waals surface area contributed by atoms with Crippen molar-refractivity contribution < 1.29 is 14.7 Å². The Bertz CT molecular complexity index is 1660. The number of nitrogens with one attached hydrogen (secondary N) is 2. The Labute approximate surface area is 245 Å². The van der Waals surface area contributed by atoms with Gasteiger partial charge in [0.25, 0.3) is 0 Å². The van der Waals surface area contributed by atoms with E-state index in [4.69, 9.17) is 12.2 Å². The second-order valence-corrected chi connectivity index (χ2v) is 10.8. The summed E-state index contributed by atoms with van der Waals surface area (Å²) in [6.07, 6.45) is 2.18. The Balaban J connectivity index is 1.66. The van der Waals surface area contributed by atoms with E-state index in [0.29, 0.717) is 11.5 Å². The maximum absolute atomic E-state index is 12.0. The highest BCUT2D eigenvalue weighted by Crippen LogP contribution is 2.44. The number of amides is 1. The lowest BCUT2D eigenvalue weighted by molar-refractivity contribution is -0.115. The van der Waals surface area contributed by atoms with Crippen molar-refractivity contribution in [3.63, 3.8) is 0 Å². The van der Waals surface area contributed by atoms with Crippen LogP contribution in [-0.4, -0.2) is 31.6 Å². The minimum absolute atomic E-state index is 0.0398. The highest BCUT2D eigenvalue weighted by atomic mass is 32.1. The van der Waals surface area contributed by atoms with E-state index in [0.717, 1.165) is 50.8 Å². The zero-order valence-electron chi connectivity index (χ0n) is 23.7. The van der Waals surface area contributed by atoms with Gasteiger partial charge < -0.3 is 25.2 Å². The summed E-state index contributed by atoms with van der Waals surface area (Å²) in [5.41, 5.74) is 8.51. The van der Waals surface area contributed by atoms with Crippen molar-refractivity contribution in [1.82, 2.24) is 14.9 Å². The summed E-state index contributed by atoms with van der Waals surface area (Å²) in [5, 5.41) is 16.7. The molecule has 0 unspecified atom stereocenters. The van der Waals surface area contributed by atoms with E-state index in [9.17, 15) is 14.7 Å². The molecule has 2 aromatic carbocycles. The molecule has 0 spiro atoms. The average molecular weight is 568 g/mol. The summed E-state index contributed by atoms with van der Waals surface area (Å²) >= 11 is 5.93. The molecule has 0 radical (unpaired) electrons. The summed E-state index contributed by atoms with van der Waals surface area (Å²) in [7, 11) is 0. The minimum Gasteiger partial charge on any atom is -0.478 e. The highest BCUT2D eigenvalue weighted by molar-refractivity contribution is 7.80. The number of aryl methyl sites for hydroxylation is 3. The smallest absolute Gasteiger partial charge is 0.335 e. The van der Waals surface area contributed by atoms with Gasteiger partial charge in [-0.2, -0.15) is 0 Å². The SMILES string of the molecule is CCC(=O)Nc1ccc(N2C(=S)N[C@H](c3ccccn3)[C@@H]2c2cc(C)n(-c3cc(C(=O)O)ccc3C)c2C)cc1C. The number of pyridine rings is 1. The Morgan fingerprint density at radius 2 is 1.80 bits per heavy atom. The number of hydrogen-bond donors (Lipinski definition) is 3. The van der Waals surface area contributed by atoms with Crippen LogP contribution in [0.2, 0.25) is 0 Å². The zero-order valence-corrected chi connectivity index (χ0v) is 24.5. The Morgan fingerprint density at radius 1 is 1.02 bits per heavy atom. The zero-order chi connectivity index (χ0) is 29.4. The third kappa shape index (κ3) is 5.20. The molecule has 9 heteroatoms. The number of benzene rings is 2. The van der Waals surface area contributed by atoms with Crippen LogP contribution in [0.5, 0.6) is 0 Å². The standard InChI is InChI=1S/C32H33N5O3S/c1-6-28(38)34-25-13-12-23(15-19(25)3)37-30(29(35-32(37)41)26-9-7-8-14-33-26)24-16-20(4)36(21(24)5)27-17-22(31(39)40)11-10-18(27)2/h7-17,29-30H,6H2,1-5H3,(H,34,38)(H,35,41)(H,39,40)/t29-,30+/m1/s1. The fraction of sp³-hybridized carbons (Fsp3) is 0.250. The van der Waals surface area contributed by atoms with Gasteiger partial charge in [-0.25, -0.2) is 4.79 Å². The van der Waals surface area contributed by atoms with Crippen LogP contribution in [0.3, 0.4) is 0 Å². The first-order chi connectivity index (χ1) is 19.6. The van der Waals surface area contributed by atoms with E-state index in [1.165, 1.54) is 0 Å². The summed E-state index contributed by atoms with van der Waals surface area (Å²) in [6, 6.07) is 18.6. The van der Waals surface area contributed by atoms with E-state index >= 15 is 0 Å². The van der Waals surface area contributed by atoms with Gasteiger partial charge >= 0.3 is 5.97 Å². The molecule has 3 heterocycles. The lowest BCUT2D eigenvalue weighted by atomic mass is 9.96. The molecule has 0 aliphatic carbocycles. The van der Waals surface area contributed by atoms with Crippen molar-refractivity contribution in [1.29, 1.82) is 0 Å². The van der Waals surface area contributed by atoms with Crippen molar-refractivity contribution >= 4 is 40.6 Å². The first kappa shape index (κ1) is 28.0. The quantitative estimate of drug-likeness (QED) is 0.225. The molecule has 0 bridgehead atoms. The number of rotatable bonds is 7. The first-order valence-electron chi connectivity index (χ1n) is 13.5. The monoisotopic (exact) mass is 567 g/mol. The van der Waals surface area contributed by atoms with Gasteiger partial charge in [-0.3, -0.25) is 9.78 Å². The molecule has 210 valence electrons. The van der Waals surface area contributed by atoms with Crippen LogP contribution in [0.15, 0.2) is 66.9 Å². The number of carboxylic acids is 1. The van der Waals surface area contributed by atoms with E-state index in [1.54, 1.807) is 18.3 Å². The molecule has 0 saturated carbocycles. The van der Waals surface area contributed by atoms with Crippen molar-refractivity contribution in [2.75, 3.05) is 10.2 Å². The maximum Gasteiger partial charge on any atom is 0.335 e. The lowest BCUT2D eigenvalue weighted by Crippen LogP contribution is -2.29. The van der Waals surface area contributed by atoms with Crippen LogP contribution in [0.25, 0.3) is 5.69 Å². The van der Waals surface area contributed by atoms with E-state index in [1.807, 2.05) is 70.2 Å². The molecule has 1 amide bonds. The van der Waals surface area contributed by atoms with E-state index < -0.39 is 5.97 Å².